The summed E-state index contributed by atoms with van der Waals surface area (Å²) in [5.74, 6) is -0.373. The van der Waals surface area contributed by atoms with Crippen LogP contribution in [-0.4, -0.2) is 5.43 Å². The third kappa shape index (κ3) is 10.6. The van der Waals surface area contributed by atoms with Gasteiger partial charge in [-0.1, -0.05) is 35.4 Å². The Labute approximate surface area is 234 Å². The number of hydrogen-bond acceptors (Lipinski definition) is 0. The zero-order valence-electron chi connectivity index (χ0n) is 19.1. The van der Waals surface area contributed by atoms with Gasteiger partial charge >= 0.3 is 70.8 Å². The maximum atomic E-state index is 12.8. The summed E-state index contributed by atoms with van der Waals surface area (Å²) >= 11 is 1.69. The summed E-state index contributed by atoms with van der Waals surface area (Å²) in [6, 6.07) is 39.6. The predicted octanol–water partition coefficient (Wildman–Crippen LogP) is 1.49. The Morgan fingerprint density at radius 2 is 0.971 bits per heavy atom. The van der Waals surface area contributed by atoms with Crippen molar-refractivity contribution in [3.63, 3.8) is 0 Å². The molecule has 0 aliphatic rings. The predicted molar refractivity (Wildman–Crippen MR) is 133 cm³/mol. The van der Waals surface area contributed by atoms with E-state index in [-0.39, 0.29) is 41.9 Å². The first-order valence-corrected chi connectivity index (χ1v) is 16.3. The summed E-state index contributed by atoms with van der Waals surface area (Å²) in [4.78, 5) is 0. The quantitative estimate of drug-likeness (QED) is 0.218. The molecule has 0 radical (unpaired) electrons. The van der Waals surface area contributed by atoms with E-state index in [1.807, 2.05) is 60.7 Å². The fourth-order valence-electron chi connectivity index (χ4n) is 3.16. The van der Waals surface area contributed by atoms with Gasteiger partial charge in [-0.3, -0.25) is 0 Å². The summed E-state index contributed by atoms with van der Waals surface area (Å²) < 4.78 is 25.5. The average Bonchev–Trinajstić information content (AvgIpc) is 3.55. The summed E-state index contributed by atoms with van der Waals surface area (Å²) in [6.07, 6.45) is 0. The molecule has 5 rings (SSSR count). The normalized spacial score (nSPS) is 9.29. The van der Waals surface area contributed by atoms with Gasteiger partial charge in [-0.15, -0.1) is 47.5 Å². The first-order chi connectivity index (χ1) is 16.0. The topological polar surface area (TPSA) is 0 Å². The van der Waals surface area contributed by atoms with Gasteiger partial charge in [-0.2, -0.15) is 24.3 Å². The van der Waals surface area contributed by atoms with Crippen molar-refractivity contribution < 1.29 is 56.9 Å². The van der Waals surface area contributed by atoms with Crippen molar-refractivity contribution in [2.75, 3.05) is 0 Å². The number of halogens is 4. The van der Waals surface area contributed by atoms with Crippen LogP contribution in [0.4, 0.5) is 8.78 Å². The molecule has 6 heteroatoms. The number of hydrogen-bond donors (Lipinski definition) is 0. The second kappa shape index (κ2) is 16.5. The zero-order valence-corrected chi connectivity index (χ0v) is 24.1. The molecule has 5 aromatic carbocycles. The van der Waals surface area contributed by atoms with Crippen LogP contribution in [0, 0.1) is 11.6 Å². The Kier molecular flexibility index (Phi) is 14.6. The van der Waals surface area contributed by atoms with Gasteiger partial charge < -0.3 is 24.8 Å². The largest absolute Gasteiger partial charge is 1.00 e. The maximum Gasteiger partial charge on any atom is 0.0898 e. The van der Waals surface area contributed by atoms with E-state index in [0.717, 1.165) is 22.3 Å². The summed E-state index contributed by atoms with van der Waals surface area (Å²) in [5, 5.41) is 1.56. The van der Waals surface area contributed by atoms with Gasteiger partial charge in [0.15, 0.2) is 0 Å². The monoisotopic (exact) mass is 598 g/mol. The van der Waals surface area contributed by atoms with Crippen LogP contribution in [0.2, 0.25) is 6.55 Å². The first kappa shape index (κ1) is 30.9. The Balaban J connectivity index is 0.000000258. The van der Waals surface area contributed by atoms with Crippen molar-refractivity contribution in [3.8, 4) is 22.3 Å². The third-order valence-electron chi connectivity index (χ3n) is 4.85. The molecule has 0 aromatic heterocycles. The van der Waals surface area contributed by atoms with E-state index in [2.05, 4.69) is 36.9 Å². The van der Waals surface area contributed by atoms with E-state index in [0.29, 0.717) is 0 Å². The van der Waals surface area contributed by atoms with E-state index in [1.54, 1.807) is 40.7 Å². The molecule has 0 atom stereocenters. The van der Waals surface area contributed by atoms with E-state index >= 15 is 0 Å². The van der Waals surface area contributed by atoms with Gasteiger partial charge in [0.2, 0.25) is 0 Å². The minimum atomic E-state index is -0.186. The fourth-order valence-corrected chi connectivity index (χ4v) is 5.08. The van der Waals surface area contributed by atoms with Crippen molar-refractivity contribution in [2.45, 2.75) is 6.55 Å². The van der Waals surface area contributed by atoms with Crippen LogP contribution < -0.4 is 30.0 Å². The van der Waals surface area contributed by atoms with Crippen LogP contribution in [0.25, 0.3) is 22.3 Å². The molecule has 0 fully saturated rings. The average molecular weight is 601 g/mol. The van der Waals surface area contributed by atoms with E-state index in [4.69, 9.17) is 0 Å². The Morgan fingerprint density at radius 3 is 1.29 bits per heavy atom. The second-order valence-corrected chi connectivity index (χ2v) is 14.7. The Morgan fingerprint density at radius 1 is 0.571 bits per heavy atom. The van der Waals surface area contributed by atoms with E-state index in [1.165, 1.54) is 24.3 Å². The molecule has 0 saturated carbocycles. The molecule has 0 N–H and O–H groups in total. The SMILES string of the molecule is C[Si](=[Zr+2])c1ccccc1.Fc1cccc(-[c-]2cccc2)c1.Fc1cccc(-[c-]2cccc2)c1.[Cl-].[Cl-]. The maximum absolute atomic E-state index is 12.8. The standard InChI is InChI=1S/2C11H8F.C7H8Si.2ClH.Zr/c2*12-11-7-3-6-10(8-11)9-4-1-2-5-9;1-8-7-5-3-2-4-6-7;;;/h2*1-8H;2-6H,1H3;2*1H;/q2*-1;;;;+2/p-2. The smallest absolute Gasteiger partial charge is 0.0898 e. The molecule has 0 heterocycles. The minimum absolute atomic E-state index is 0. The molecule has 0 amide bonds. The van der Waals surface area contributed by atoms with Crippen molar-refractivity contribution in [2.24, 2.45) is 0 Å². The fraction of sp³-hybridized carbons (Fsp3) is 0.0345. The van der Waals surface area contributed by atoms with E-state index < -0.39 is 0 Å². The van der Waals surface area contributed by atoms with Crippen molar-refractivity contribution >= 4 is 10.6 Å². The van der Waals surface area contributed by atoms with Crippen LogP contribution in [0.1, 0.15) is 0 Å². The van der Waals surface area contributed by atoms with Gasteiger partial charge in [0.25, 0.3) is 0 Å². The molecular formula is C29H24Cl2F2SiZr-2. The molecule has 0 saturated heterocycles. The molecule has 178 valence electrons. The molecule has 0 aliphatic heterocycles. The summed E-state index contributed by atoms with van der Waals surface area (Å²) in [5.41, 5.74) is 3.87. The van der Waals surface area contributed by atoms with Gasteiger partial charge in [-0.25, -0.2) is 8.78 Å². The molecule has 35 heavy (non-hydrogen) atoms. The van der Waals surface area contributed by atoms with Crippen LogP contribution in [0.5, 0.6) is 0 Å². The van der Waals surface area contributed by atoms with Crippen LogP contribution >= 0.6 is 0 Å². The Bertz CT molecular complexity index is 1180. The van der Waals surface area contributed by atoms with Crippen molar-refractivity contribution in [1.29, 1.82) is 0 Å². The zero-order chi connectivity index (χ0) is 23.5. The molecule has 0 aliphatic carbocycles. The second-order valence-electron chi connectivity index (χ2n) is 7.36. The molecule has 0 unspecified atom stereocenters. The summed E-state index contributed by atoms with van der Waals surface area (Å²) in [7, 11) is 0. The van der Waals surface area contributed by atoms with Gasteiger partial charge in [-0.05, 0) is 12.1 Å². The summed E-state index contributed by atoms with van der Waals surface area (Å²) in [6.45, 7) is 2.35. The minimum Gasteiger partial charge on any atom is -1.00 e. The molecule has 5 aromatic rings. The molecular weight excluding hydrogens is 577 g/mol. The first-order valence-electron chi connectivity index (χ1n) is 10.6. The van der Waals surface area contributed by atoms with Gasteiger partial charge in [0, 0.05) is 0 Å². The van der Waals surface area contributed by atoms with Crippen LogP contribution in [0.3, 0.4) is 0 Å². The van der Waals surface area contributed by atoms with E-state index in [9.17, 15) is 8.78 Å². The van der Waals surface area contributed by atoms with Gasteiger partial charge in [0.05, 0.1) is 11.6 Å². The molecule has 0 bridgehead atoms. The van der Waals surface area contributed by atoms with Crippen molar-refractivity contribution in [3.05, 3.63) is 139 Å². The molecule has 0 nitrogen and oxygen atoms in total. The van der Waals surface area contributed by atoms with Gasteiger partial charge in [0.1, 0.15) is 0 Å². The molecule has 0 spiro atoms. The Hall–Kier alpha value is -2.10. The van der Waals surface area contributed by atoms with Crippen LogP contribution in [-0.2, 0) is 23.3 Å². The third-order valence-corrected chi connectivity index (χ3v) is 8.18. The van der Waals surface area contributed by atoms with Crippen molar-refractivity contribution in [1.82, 2.24) is 0 Å². The number of rotatable bonds is 3. The number of benzene rings is 3. The van der Waals surface area contributed by atoms with Crippen LogP contribution in [0.15, 0.2) is 127 Å².